The van der Waals surface area contributed by atoms with Crippen LogP contribution < -0.4 is 5.46 Å². The Hall–Kier alpha value is -2.39. The van der Waals surface area contributed by atoms with E-state index in [4.69, 9.17) is 24.3 Å². The summed E-state index contributed by atoms with van der Waals surface area (Å²) in [6.45, 7) is 8.22. The zero-order chi connectivity index (χ0) is 24.8. The van der Waals surface area contributed by atoms with E-state index < -0.39 is 7.12 Å². The van der Waals surface area contributed by atoms with Crippen molar-refractivity contribution < 1.29 is 9.31 Å². The van der Waals surface area contributed by atoms with Gasteiger partial charge in [-0.3, -0.25) is 0 Å². The molecule has 1 aliphatic rings. The lowest BCUT2D eigenvalue weighted by Crippen LogP contribution is -2.41. The van der Waals surface area contributed by atoms with Crippen molar-refractivity contribution in [3.8, 4) is 34.2 Å². The average molecular weight is 593 g/mol. The van der Waals surface area contributed by atoms with Crippen LogP contribution >= 0.6 is 31.9 Å². The van der Waals surface area contributed by atoms with E-state index in [1.165, 1.54) is 0 Å². The van der Waals surface area contributed by atoms with Gasteiger partial charge in [0, 0.05) is 25.6 Å². The lowest BCUT2D eigenvalue weighted by molar-refractivity contribution is 0.00578. The third-order valence-corrected chi connectivity index (χ3v) is 7.48. The highest BCUT2D eigenvalue weighted by Gasteiger charge is 2.51. The fourth-order valence-corrected chi connectivity index (χ4v) is 4.59. The number of benzene rings is 3. The number of rotatable bonds is 4. The molecule has 0 amide bonds. The number of nitrogens with zero attached hydrogens (tertiary/aromatic N) is 3. The van der Waals surface area contributed by atoms with Crippen LogP contribution in [0.15, 0.2) is 81.7 Å². The van der Waals surface area contributed by atoms with Crippen LogP contribution in [0, 0.1) is 0 Å². The molecule has 0 radical (unpaired) electrons. The minimum absolute atomic E-state index is 0.387. The zero-order valence-electron chi connectivity index (χ0n) is 19.9. The summed E-state index contributed by atoms with van der Waals surface area (Å²) < 4.78 is 14.3. The van der Waals surface area contributed by atoms with Gasteiger partial charge in [0.15, 0.2) is 17.5 Å². The number of aromatic nitrogens is 3. The van der Waals surface area contributed by atoms with Crippen molar-refractivity contribution in [2.24, 2.45) is 0 Å². The first kappa shape index (κ1) is 24.3. The molecule has 1 fully saturated rings. The summed E-state index contributed by atoms with van der Waals surface area (Å²) in [4.78, 5) is 14.4. The molecule has 8 heteroatoms. The van der Waals surface area contributed by atoms with Crippen molar-refractivity contribution in [1.29, 1.82) is 0 Å². The van der Waals surface area contributed by atoms with Gasteiger partial charge in [-0.2, -0.15) is 0 Å². The molecule has 0 atom stereocenters. The van der Waals surface area contributed by atoms with Crippen LogP contribution in [-0.4, -0.2) is 33.3 Å². The Kier molecular flexibility index (Phi) is 6.42. The molecule has 0 aliphatic carbocycles. The van der Waals surface area contributed by atoms with Gasteiger partial charge in [-0.05, 0) is 57.4 Å². The van der Waals surface area contributed by atoms with Gasteiger partial charge in [0.05, 0.1) is 11.2 Å². The fraction of sp³-hybridized carbons (Fsp3) is 0.222. The van der Waals surface area contributed by atoms with Crippen LogP contribution in [0.3, 0.4) is 0 Å². The van der Waals surface area contributed by atoms with Crippen molar-refractivity contribution in [3.05, 3.63) is 81.7 Å². The molecule has 4 aromatic rings. The predicted octanol–water partition coefficient (Wildman–Crippen LogP) is 6.70. The summed E-state index contributed by atoms with van der Waals surface area (Å²) >= 11 is 7.10. The van der Waals surface area contributed by atoms with Gasteiger partial charge in [0.25, 0.3) is 0 Å². The zero-order valence-corrected chi connectivity index (χ0v) is 23.1. The molecule has 1 aliphatic heterocycles. The standard InChI is InChI=1S/C27H24BBr2N3O2/c1-26(2)27(3,4)35-28(34-26)20-13-11-17(12-14-20)23-31-24(18-7-5-9-21(29)15-18)33-25(32-23)19-8-6-10-22(30)16-19/h5-16H,1-4H3. The lowest BCUT2D eigenvalue weighted by atomic mass is 9.79. The van der Waals surface area contributed by atoms with Gasteiger partial charge >= 0.3 is 7.12 Å². The first-order valence-corrected chi connectivity index (χ1v) is 12.9. The molecule has 176 valence electrons. The molecular formula is C27H24BBr2N3O2. The van der Waals surface area contributed by atoms with Crippen LogP contribution in [0.25, 0.3) is 34.2 Å². The van der Waals surface area contributed by atoms with Gasteiger partial charge in [-0.1, -0.05) is 80.4 Å². The van der Waals surface area contributed by atoms with E-state index >= 15 is 0 Å². The maximum atomic E-state index is 6.20. The summed E-state index contributed by atoms with van der Waals surface area (Å²) in [5, 5.41) is 0. The van der Waals surface area contributed by atoms with Crippen LogP contribution in [0.5, 0.6) is 0 Å². The van der Waals surface area contributed by atoms with Gasteiger partial charge in [-0.15, -0.1) is 0 Å². The van der Waals surface area contributed by atoms with Crippen molar-refractivity contribution in [2.75, 3.05) is 0 Å². The van der Waals surface area contributed by atoms with E-state index in [0.717, 1.165) is 31.1 Å². The Bertz CT molecular complexity index is 1310. The molecule has 2 heterocycles. The first-order valence-electron chi connectivity index (χ1n) is 11.4. The Morgan fingerprint density at radius 3 is 1.46 bits per heavy atom. The number of halogens is 2. The van der Waals surface area contributed by atoms with Crippen LogP contribution in [0.4, 0.5) is 0 Å². The molecule has 5 rings (SSSR count). The van der Waals surface area contributed by atoms with Gasteiger partial charge in [0.2, 0.25) is 0 Å². The van der Waals surface area contributed by atoms with Crippen molar-refractivity contribution in [2.45, 2.75) is 38.9 Å². The average Bonchev–Trinajstić information content (AvgIpc) is 3.05. The molecule has 35 heavy (non-hydrogen) atoms. The van der Waals surface area contributed by atoms with E-state index in [9.17, 15) is 0 Å². The Labute approximate surface area is 222 Å². The topological polar surface area (TPSA) is 57.1 Å². The highest BCUT2D eigenvalue weighted by molar-refractivity contribution is 9.10. The molecule has 5 nitrogen and oxygen atoms in total. The summed E-state index contributed by atoms with van der Waals surface area (Å²) in [7, 11) is -0.415. The van der Waals surface area contributed by atoms with Crippen molar-refractivity contribution >= 4 is 44.4 Å². The Balaban J connectivity index is 1.55. The van der Waals surface area contributed by atoms with Gasteiger partial charge in [-0.25, -0.2) is 15.0 Å². The largest absolute Gasteiger partial charge is 0.494 e. The maximum Gasteiger partial charge on any atom is 0.494 e. The monoisotopic (exact) mass is 591 g/mol. The fourth-order valence-electron chi connectivity index (χ4n) is 3.79. The first-order chi connectivity index (χ1) is 16.6. The maximum absolute atomic E-state index is 6.20. The minimum atomic E-state index is -0.415. The molecule has 0 unspecified atom stereocenters. The molecule has 3 aromatic carbocycles. The minimum Gasteiger partial charge on any atom is -0.399 e. The number of hydrogen-bond donors (Lipinski definition) is 0. The smallest absolute Gasteiger partial charge is 0.399 e. The summed E-state index contributed by atoms with van der Waals surface area (Å²) in [6.07, 6.45) is 0. The highest BCUT2D eigenvalue weighted by atomic mass is 79.9. The second kappa shape index (κ2) is 9.24. The van der Waals surface area contributed by atoms with Crippen molar-refractivity contribution in [1.82, 2.24) is 15.0 Å². The molecule has 1 aromatic heterocycles. The van der Waals surface area contributed by atoms with E-state index in [-0.39, 0.29) is 11.2 Å². The third kappa shape index (κ3) is 4.98. The van der Waals surface area contributed by atoms with Gasteiger partial charge in [0.1, 0.15) is 0 Å². The normalized spacial score (nSPS) is 16.5. The molecule has 1 saturated heterocycles. The summed E-state index contributed by atoms with van der Waals surface area (Å²) in [5.41, 5.74) is 2.90. The number of hydrogen-bond acceptors (Lipinski definition) is 5. The van der Waals surface area contributed by atoms with E-state index in [1.54, 1.807) is 0 Å². The predicted molar refractivity (Wildman–Crippen MR) is 147 cm³/mol. The summed E-state index contributed by atoms with van der Waals surface area (Å²) in [5.74, 6) is 1.83. The van der Waals surface area contributed by atoms with E-state index in [0.29, 0.717) is 17.5 Å². The third-order valence-electron chi connectivity index (χ3n) is 6.50. The van der Waals surface area contributed by atoms with E-state index in [2.05, 4.69) is 59.6 Å². The quantitative estimate of drug-likeness (QED) is 0.247. The van der Waals surface area contributed by atoms with Crippen LogP contribution in [0.1, 0.15) is 27.7 Å². The van der Waals surface area contributed by atoms with Crippen LogP contribution in [-0.2, 0) is 9.31 Å². The lowest BCUT2D eigenvalue weighted by Gasteiger charge is -2.32. The SMILES string of the molecule is CC1(C)OB(c2ccc(-c3nc(-c4cccc(Br)c4)nc(-c4cccc(Br)c4)n3)cc2)OC1(C)C. The van der Waals surface area contributed by atoms with Crippen LogP contribution in [0.2, 0.25) is 0 Å². The second-order valence-electron chi connectivity index (χ2n) is 9.54. The second-order valence-corrected chi connectivity index (χ2v) is 11.4. The Morgan fingerprint density at radius 1 is 0.600 bits per heavy atom. The molecular weight excluding hydrogens is 569 g/mol. The van der Waals surface area contributed by atoms with Gasteiger partial charge < -0.3 is 9.31 Å². The van der Waals surface area contributed by atoms with Crippen molar-refractivity contribution in [3.63, 3.8) is 0 Å². The molecule has 0 N–H and O–H groups in total. The molecule has 0 spiro atoms. The molecule has 0 bridgehead atoms. The highest BCUT2D eigenvalue weighted by Crippen LogP contribution is 2.36. The molecule has 0 saturated carbocycles. The Morgan fingerprint density at radius 2 is 1.03 bits per heavy atom. The van der Waals surface area contributed by atoms with E-state index in [1.807, 2.05) is 72.8 Å². The summed E-state index contributed by atoms with van der Waals surface area (Å²) in [6, 6.07) is 23.9.